The minimum absolute atomic E-state index is 0.0749. The van der Waals surface area contributed by atoms with Gasteiger partial charge in [0.15, 0.2) is 5.78 Å². The molecule has 0 radical (unpaired) electrons. The molecule has 0 saturated heterocycles. The SMILES string of the molecule is C=CC(=O)Cc1cc(OCCOc2ccc(-c3ccc(OC(=O)C=C)cc3F)cc2)cc(OC(=O)C=C)c1. The summed E-state index contributed by atoms with van der Waals surface area (Å²) in [4.78, 5) is 34.6. The van der Waals surface area contributed by atoms with Crippen LogP contribution in [0.3, 0.4) is 0 Å². The van der Waals surface area contributed by atoms with E-state index in [0.29, 0.717) is 28.2 Å². The van der Waals surface area contributed by atoms with Crippen molar-refractivity contribution in [1.82, 2.24) is 0 Å². The van der Waals surface area contributed by atoms with Crippen LogP contribution in [0.15, 0.2) is 98.6 Å². The minimum atomic E-state index is -0.672. The van der Waals surface area contributed by atoms with Crippen molar-refractivity contribution >= 4 is 17.7 Å². The van der Waals surface area contributed by atoms with Crippen LogP contribution in [0.1, 0.15) is 5.56 Å². The first-order chi connectivity index (χ1) is 18.3. The van der Waals surface area contributed by atoms with Crippen molar-refractivity contribution in [3.63, 3.8) is 0 Å². The maximum atomic E-state index is 14.5. The smallest absolute Gasteiger partial charge is 0.335 e. The molecule has 0 N–H and O–H groups in total. The molecule has 0 saturated carbocycles. The van der Waals surface area contributed by atoms with E-state index in [2.05, 4.69) is 19.7 Å². The van der Waals surface area contributed by atoms with Gasteiger partial charge in [-0.15, -0.1) is 0 Å². The first-order valence-electron chi connectivity index (χ1n) is 11.4. The summed E-state index contributed by atoms with van der Waals surface area (Å²) in [6, 6.07) is 15.7. The number of halogens is 1. The van der Waals surface area contributed by atoms with E-state index in [0.717, 1.165) is 18.2 Å². The third kappa shape index (κ3) is 8.03. The van der Waals surface area contributed by atoms with Gasteiger partial charge < -0.3 is 18.9 Å². The van der Waals surface area contributed by atoms with Crippen LogP contribution < -0.4 is 18.9 Å². The highest BCUT2D eigenvalue weighted by atomic mass is 19.1. The zero-order valence-electron chi connectivity index (χ0n) is 20.5. The Morgan fingerprint density at radius 1 is 0.684 bits per heavy atom. The van der Waals surface area contributed by atoms with Crippen LogP contribution in [0, 0.1) is 5.82 Å². The summed E-state index contributed by atoms with van der Waals surface area (Å²) in [6.07, 6.45) is 3.32. The number of carbonyl (C=O) groups is 3. The summed E-state index contributed by atoms with van der Waals surface area (Å²) in [5.74, 6) is -0.812. The number of rotatable bonds is 13. The molecule has 8 heteroatoms. The van der Waals surface area contributed by atoms with Gasteiger partial charge in [0.1, 0.15) is 42.0 Å². The maximum absolute atomic E-state index is 14.5. The van der Waals surface area contributed by atoms with Gasteiger partial charge in [0.05, 0.1) is 0 Å². The largest absolute Gasteiger partial charge is 0.490 e. The molecule has 3 aromatic carbocycles. The van der Waals surface area contributed by atoms with Gasteiger partial charge in [0.2, 0.25) is 0 Å². The van der Waals surface area contributed by atoms with E-state index in [-0.39, 0.29) is 36.9 Å². The second kappa shape index (κ2) is 13.4. The number of esters is 2. The maximum Gasteiger partial charge on any atom is 0.335 e. The zero-order chi connectivity index (χ0) is 27.5. The highest BCUT2D eigenvalue weighted by Crippen LogP contribution is 2.28. The molecule has 0 fully saturated rings. The second-order valence-corrected chi connectivity index (χ2v) is 7.77. The Hall–Kier alpha value is -4.98. The van der Waals surface area contributed by atoms with Crippen molar-refractivity contribution in [3.05, 3.63) is 110 Å². The van der Waals surface area contributed by atoms with Crippen LogP contribution in [0.2, 0.25) is 0 Å². The highest BCUT2D eigenvalue weighted by Gasteiger charge is 2.10. The van der Waals surface area contributed by atoms with Crippen molar-refractivity contribution in [3.8, 4) is 34.1 Å². The number of benzene rings is 3. The molecule has 38 heavy (non-hydrogen) atoms. The third-order valence-corrected chi connectivity index (χ3v) is 5.04. The number of allylic oxidation sites excluding steroid dienone is 1. The second-order valence-electron chi connectivity index (χ2n) is 7.77. The molecule has 0 aliphatic carbocycles. The number of carbonyl (C=O) groups excluding carboxylic acids is 3. The monoisotopic (exact) mass is 516 g/mol. The summed E-state index contributed by atoms with van der Waals surface area (Å²) < 4.78 is 36.0. The molecule has 3 aromatic rings. The topological polar surface area (TPSA) is 88.1 Å². The Kier molecular flexibility index (Phi) is 9.71. The van der Waals surface area contributed by atoms with E-state index >= 15 is 0 Å². The number of hydrogen-bond acceptors (Lipinski definition) is 7. The van der Waals surface area contributed by atoms with Gasteiger partial charge in [-0.05, 0) is 53.6 Å². The van der Waals surface area contributed by atoms with E-state index in [4.69, 9.17) is 18.9 Å². The Morgan fingerprint density at radius 3 is 1.87 bits per heavy atom. The lowest BCUT2D eigenvalue weighted by atomic mass is 10.0. The average Bonchev–Trinajstić information content (AvgIpc) is 2.91. The molecule has 7 nitrogen and oxygen atoms in total. The molecule has 0 aromatic heterocycles. The molecule has 0 spiro atoms. The van der Waals surface area contributed by atoms with Gasteiger partial charge >= 0.3 is 11.9 Å². The van der Waals surface area contributed by atoms with E-state index in [1.807, 2.05) is 0 Å². The highest BCUT2D eigenvalue weighted by molar-refractivity contribution is 5.91. The minimum Gasteiger partial charge on any atom is -0.490 e. The van der Waals surface area contributed by atoms with Crippen molar-refractivity contribution < 1.29 is 37.7 Å². The molecular formula is C30H25FO7. The Balaban J connectivity index is 1.59. The van der Waals surface area contributed by atoms with Crippen molar-refractivity contribution in [2.24, 2.45) is 0 Å². The number of hydrogen-bond donors (Lipinski definition) is 0. The van der Waals surface area contributed by atoms with Gasteiger partial charge in [-0.1, -0.05) is 31.9 Å². The predicted molar refractivity (Wildman–Crippen MR) is 140 cm³/mol. The summed E-state index contributed by atoms with van der Waals surface area (Å²) in [5, 5.41) is 0. The molecule has 0 amide bonds. The van der Waals surface area contributed by atoms with Crippen LogP contribution in [-0.4, -0.2) is 30.9 Å². The van der Waals surface area contributed by atoms with Crippen LogP contribution in [0.4, 0.5) is 4.39 Å². The van der Waals surface area contributed by atoms with Crippen LogP contribution in [0.25, 0.3) is 11.1 Å². The first kappa shape index (κ1) is 27.6. The Bertz CT molecular complexity index is 1320. The summed E-state index contributed by atoms with van der Waals surface area (Å²) >= 11 is 0. The Labute approximate surface area is 219 Å². The molecule has 0 heterocycles. The first-order valence-corrected chi connectivity index (χ1v) is 11.4. The molecule has 0 aliphatic rings. The fourth-order valence-corrected chi connectivity index (χ4v) is 3.31. The van der Waals surface area contributed by atoms with Gasteiger partial charge in [0.25, 0.3) is 0 Å². The quantitative estimate of drug-likeness (QED) is 0.130. The number of ether oxygens (including phenoxy) is 4. The van der Waals surface area contributed by atoms with Gasteiger partial charge in [-0.3, -0.25) is 4.79 Å². The lowest BCUT2D eigenvalue weighted by Gasteiger charge is -2.12. The van der Waals surface area contributed by atoms with Crippen molar-refractivity contribution in [2.45, 2.75) is 6.42 Å². The zero-order valence-corrected chi connectivity index (χ0v) is 20.5. The van der Waals surface area contributed by atoms with E-state index < -0.39 is 17.8 Å². The summed E-state index contributed by atoms with van der Waals surface area (Å²) in [5.41, 5.74) is 1.54. The lowest BCUT2D eigenvalue weighted by molar-refractivity contribution is -0.129. The van der Waals surface area contributed by atoms with E-state index in [9.17, 15) is 18.8 Å². The number of ketones is 1. The lowest BCUT2D eigenvalue weighted by Crippen LogP contribution is -2.10. The van der Waals surface area contributed by atoms with Crippen LogP contribution in [-0.2, 0) is 20.8 Å². The van der Waals surface area contributed by atoms with Crippen LogP contribution >= 0.6 is 0 Å². The molecule has 3 rings (SSSR count). The predicted octanol–water partition coefficient (Wildman–Crippen LogP) is 5.43. The Morgan fingerprint density at radius 2 is 1.26 bits per heavy atom. The molecule has 0 aliphatic heterocycles. The molecular weight excluding hydrogens is 491 g/mol. The van der Waals surface area contributed by atoms with Gasteiger partial charge in [-0.25, -0.2) is 14.0 Å². The van der Waals surface area contributed by atoms with E-state index in [1.54, 1.807) is 36.4 Å². The van der Waals surface area contributed by atoms with E-state index in [1.165, 1.54) is 24.3 Å². The van der Waals surface area contributed by atoms with Gasteiger partial charge in [-0.2, -0.15) is 0 Å². The molecule has 0 unspecified atom stereocenters. The van der Waals surface area contributed by atoms with Crippen molar-refractivity contribution in [2.75, 3.05) is 13.2 Å². The average molecular weight is 517 g/mol. The molecule has 0 bridgehead atoms. The van der Waals surface area contributed by atoms with Crippen molar-refractivity contribution in [1.29, 1.82) is 0 Å². The normalized spacial score (nSPS) is 10.1. The summed E-state index contributed by atoms with van der Waals surface area (Å²) in [6.45, 7) is 10.5. The fraction of sp³-hybridized carbons (Fsp3) is 0.100. The fourth-order valence-electron chi connectivity index (χ4n) is 3.31. The molecule has 0 atom stereocenters. The summed E-state index contributed by atoms with van der Waals surface area (Å²) in [7, 11) is 0. The van der Waals surface area contributed by atoms with Crippen LogP contribution in [0.5, 0.6) is 23.0 Å². The molecule has 194 valence electrons. The standard InChI is InChI=1S/C30H25FO7/c1-4-22(32)15-20-16-25(18-26(17-20)38-30(34)6-3)36-14-13-35-23-9-7-21(8-10-23)27-12-11-24(19-28(27)31)37-29(33)5-2/h4-12,16-19H,1-3,13-15H2. The van der Waals surface area contributed by atoms with Gasteiger partial charge in [0, 0.05) is 36.3 Å². The third-order valence-electron chi connectivity index (χ3n) is 5.04.